The van der Waals surface area contributed by atoms with Crippen LogP contribution in [0.15, 0.2) is 41.3 Å². The number of carbonyl (C=O) groups excluding carboxylic acids is 1. The predicted octanol–water partition coefficient (Wildman–Crippen LogP) is 2.62. The van der Waals surface area contributed by atoms with Gasteiger partial charge in [0.2, 0.25) is 15.9 Å². The minimum absolute atomic E-state index is 0.0518. The van der Waals surface area contributed by atoms with Crippen molar-refractivity contribution in [3.63, 3.8) is 0 Å². The largest absolute Gasteiger partial charge is 0.573 e. The molecule has 2 aromatic carbocycles. The average molecular weight is 492 g/mol. The monoisotopic (exact) mass is 492 g/mol. The maximum Gasteiger partial charge on any atom is 0.573 e. The zero-order valence-electron chi connectivity index (χ0n) is 17.1. The predicted molar refractivity (Wildman–Crippen MR) is 106 cm³/mol. The fourth-order valence-electron chi connectivity index (χ4n) is 3.07. The average Bonchev–Trinajstić information content (AvgIpc) is 2.72. The van der Waals surface area contributed by atoms with Crippen molar-refractivity contribution in [2.45, 2.75) is 30.7 Å². The molecule has 0 saturated carbocycles. The molecular weight excluding hydrogens is 472 g/mol. The fourth-order valence-corrected chi connectivity index (χ4v) is 4.10. The number of carbonyl (C=O) groups is 1. The molecule has 0 unspecified atom stereocenters. The van der Waals surface area contributed by atoms with E-state index in [1.54, 1.807) is 0 Å². The molecule has 1 amide bonds. The second-order valence-corrected chi connectivity index (χ2v) is 8.70. The molecule has 2 N–H and O–H groups in total. The van der Waals surface area contributed by atoms with E-state index in [1.807, 2.05) is 0 Å². The molecule has 33 heavy (non-hydrogen) atoms. The van der Waals surface area contributed by atoms with Crippen LogP contribution in [0.4, 0.5) is 17.6 Å². The molecule has 0 fully saturated rings. The van der Waals surface area contributed by atoms with Crippen molar-refractivity contribution in [1.29, 1.82) is 0 Å². The molecule has 2 aromatic rings. The van der Waals surface area contributed by atoms with Gasteiger partial charge in [-0.25, -0.2) is 17.5 Å². The van der Waals surface area contributed by atoms with E-state index >= 15 is 0 Å². The number of amides is 1. The standard InChI is InChI=1S/C20H20F4N2O6S/c21-15-9-13(19-14(10-15)11-30-12-31-19)5-7-25-18(27)6-8-26-33(28,29)17-3-1-16(2-4-17)32-20(22,23)24/h1-4,9-10,26H,5-8,11-12H2,(H,25,27). The van der Waals surface area contributed by atoms with Gasteiger partial charge in [0, 0.05) is 25.1 Å². The number of nitrogens with one attached hydrogen (secondary N) is 2. The van der Waals surface area contributed by atoms with E-state index in [9.17, 15) is 30.8 Å². The number of hydrogen-bond acceptors (Lipinski definition) is 6. The molecule has 8 nitrogen and oxygen atoms in total. The Hall–Kier alpha value is -2.90. The Bertz CT molecular complexity index is 1090. The van der Waals surface area contributed by atoms with Crippen LogP contribution in [0.2, 0.25) is 0 Å². The summed E-state index contributed by atoms with van der Waals surface area (Å²) in [5, 5.41) is 2.61. The zero-order chi connectivity index (χ0) is 24.1. The summed E-state index contributed by atoms with van der Waals surface area (Å²) < 4.78 is 91.1. The van der Waals surface area contributed by atoms with Crippen LogP contribution in [-0.2, 0) is 32.6 Å². The van der Waals surface area contributed by atoms with Gasteiger partial charge in [-0.15, -0.1) is 13.2 Å². The van der Waals surface area contributed by atoms with Crippen molar-refractivity contribution in [3.8, 4) is 11.5 Å². The molecule has 0 atom stereocenters. The maximum atomic E-state index is 13.7. The Labute approximate surface area is 186 Å². The lowest BCUT2D eigenvalue weighted by Gasteiger charge is -2.21. The third-order valence-corrected chi connectivity index (χ3v) is 5.96. The molecule has 0 radical (unpaired) electrons. The van der Waals surface area contributed by atoms with Gasteiger partial charge >= 0.3 is 6.36 Å². The highest BCUT2D eigenvalue weighted by molar-refractivity contribution is 7.89. The Morgan fingerprint density at radius 3 is 2.55 bits per heavy atom. The summed E-state index contributed by atoms with van der Waals surface area (Å²) in [4.78, 5) is 11.7. The van der Waals surface area contributed by atoms with Gasteiger partial charge in [0.15, 0.2) is 6.79 Å². The van der Waals surface area contributed by atoms with E-state index in [4.69, 9.17) is 9.47 Å². The van der Waals surface area contributed by atoms with Crippen molar-refractivity contribution in [1.82, 2.24) is 10.0 Å². The molecule has 0 bridgehead atoms. The maximum absolute atomic E-state index is 13.7. The van der Waals surface area contributed by atoms with Crippen LogP contribution in [0.1, 0.15) is 17.5 Å². The first-order valence-corrected chi connectivity index (χ1v) is 11.2. The number of fused-ring (bicyclic) bond motifs is 1. The van der Waals surface area contributed by atoms with Crippen LogP contribution in [0.5, 0.6) is 11.5 Å². The summed E-state index contributed by atoms with van der Waals surface area (Å²) in [5.41, 5.74) is 1.15. The minimum atomic E-state index is -4.89. The molecule has 1 heterocycles. The van der Waals surface area contributed by atoms with E-state index in [1.165, 1.54) is 12.1 Å². The second-order valence-electron chi connectivity index (χ2n) is 6.93. The lowest BCUT2D eigenvalue weighted by Crippen LogP contribution is -2.31. The van der Waals surface area contributed by atoms with Gasteiger partial charge in [-0.3, -0.25) is 4.79 Å². The van der Waals surface area contributed by atoms with Crippen molar-refractivity contribution >= 4 is 15.9 Å². The van der Waals surface area contributed by atoms with Crippen molar-refractivity contribution in [2.75, 3.05) is 19.9 Å². The highest BCUT2D eigenvalue weighted by atomic mass is 32.2. The second kappa shape index (κ2) is 10.4. The number of ether oxygens (including phenoxy) is 3. The summed E-state index contributed by atoms with van der Waals surface area (Å²) in [6.45, 7) is 0.220. The summed E-state index contributed by atoms with van der Waals surface area (Å²) in [6.07, 6.45) is -4.77. The SMILES string of the molecule is O=C(CCNS(=O)(=O)c1ccc(OC(F)(F)F)cc1)NCCc1cc(F)cc2c1OCOC2. The van der Waals surface area contributed by atoms with Crippen LogP contribution in [0.3, 0.4) is 0 Å². The topological polar surface area (TPSA) is 103 Å². The van der Waals surface area contributed by atoms with E-state index < -0.39 is 33.9 Å². The molecule has 1 aliphatic rings. The molecule has 0 aromatic heterocycles. The first-order valence-electron chi connectivity index (χ1n) is 9.67. The van der Waals surface area contributed by atoms with Crippen LogP contribution < -0.4 is 19.5 Å². The quantitative estimate of drug-likeness (QED) is 0.522. The third-order valence-electron chi connectivity index (χ3n) is 4.48. The van der Waals surface area contributed by atoms with Gasteiger partial charge < -0.3 is 19.5 Å². The van der Waals surface area contributed by atoms with Crippen LogP contribution in [-0.4, -0.2) is 40.6 Å². The summed E-state index contributed by atoms with van der Waals surface area (Å²) in [7, 11) is -4.03. The molecule has 3 rings (SSSR count). The van der Waals surface area contributed by atoms with E-state index in [2.05, 4.69) is 14.8 Å². The highest BCUT2D eigenvalue weighted by Gasteiger charge is 2.31. The highest BCUT2D eigenvalue weighted by Crippen LogP contribution is 2.29. The smallest absolute Gasteiger partial charge is 0.467 e. The minimum Gasteiger partial charge on any atom is -0.467 e. The Morgan fingerprint density at radius 2 is 1.85 bits per heavy atom. The van der Waals surface area contributed by atoms with Gasteiger partial charge in [-0.2, -0.15) is 0 Å². The summed E-state index contributed by atoms with van der Waals surface area (Å²) >= 11 is 0. The normalized spacial score (nSPS) is 13.7. The lowest BCUT2D eigenvalue weighted by molar-refractivity contribution is -0.274. The molecule has 180 valence electrons. The van der Waals surface area contributed by atoms with Crippen LogP contribution >= 0.6 is 0 Å². The first kappa shape index (κ1) is 24.7. The number of sulfonamides is 1. The Kier molecular flexibility index (Phi) is 7.76. The number of hydrogen-bond donors (Lipinski definition) is 2. The number of rotatable bonds is 9. The number of benzene rings is 2. The summed E-state index contributed by atoms with van der Waals surface area (Å²) in [5.74, 6) is -0.924. The molecule has 0 aliphatic carbocycles. The van der Waals surface area contributed by atoms with Gasteiger partial charge in [-0.05, 0) is 48.4 Å². The van der Waals surface area contributed by atoms with Gasteiger partial charge in [0.1, 0.15) is 17.3 Å². The van der Waals surface area contributed by atoms with Crippen molar-refractivity contribution in [2.24, 2.45) is 0 Å². The van der Waals surface area contributed by atoms with E-state index in [0.29, 0.717) is 23.3 Å². The molecule has 0 saturated heterocycles. The Balaban J connectivity index is 1.44. The zero-order valence-corrected chi connectivity index (χ0v) is 17.9. The van der Waals surface area contributed by atoms with Crippen LogP contribution in [0.25, 0.3) is 0 Å². The van der Waals surface area contributed by atoms with Crippen LogP contribution in [0, 0.1) is 5.82 Å². The van der Waals surface area contributed by atoms with Gasteiger partial charge in [-0.1, -0.05) is 0 Å². The van der Waals surface area contributed by atoms with Crippen molar-refractivity contribution in [3.05, 3.63) is 53.3 Å². The molecular formula is C20H20F4N2O6S. The summed E-state index contributed by atoms with van der Waals surface area (Å²) in [6, 6.07) is 6.28. The van der Waals surface area contributed by atoms with E-state index in [-0.39, 0.29) is 37.8 Å². The van der Waals surface area contributed by atoms with Gasteiger partial charge in [0.05, 0.1) is 11.5 Å². The number of halogens is 4. The van der Waals surface area contributed by atoms with Gasteiger partial charge in [0.25, 0.3) is 0 Å². The Morgan fingerprint density at radius 1 is 1.12 bits per heavy atom. The molecule has 1 aliphatic heterocycles. The molecule has 0 spiro atoms. The third kappa shape index (κ3) is 7.30. The lowest BCUT2D eigenvalue weighted by atomic mass is 10.1. The number of alkyl halides is 3. The van der Waals surface area contributed by atoms with E-state index in [0.717, 1.165) is 24.3 Å². The first-order chi connectivity index (χ1) is 15.5. The van der Waals surface area contributed by atoms with Crippen molar-refractivity contribution < 1.29 is 45.0 Å². The molecule has 13 heteroatoms. The fraction of sp³-hybridized carbons (Fsp3) is 0.350.